The summed E-state index contributed by atoms with van der Waals surface area (Å²) in [5.74, 6) is 1.94. The first-order valence-corrected chi connectivity index (χ1v) is 31.8. The van der Waals surface area contributed by atoms with Gasteiger partial charge in [0, 0.05) is 152 Å². The van der Waals surface area contributed by atoms with Gasteiger partial charge in [0.1, 0.15) is 0 Å². The number of piperazine rings is 3. The molecule has 12 heterocycles. The van der Waals surface area contributed by atoms with Crippen LogP contribution in [0.5, 0.6) is 0 Å². The second kappa shape index (κ2) is 32.6. The lowest BCUT2D eigenvalue weighted by molar-refractivity contribution is 0.00183. The fraction of sp³-hybridized carbons (Fsp3) is 1.00. The van der Waals surface area contributed by atoms with Crippen LogP contribution >= 0.6 is 0 Å². The fourth-order valence-corrected chi connectivity index (χ4v) is 14.8. The van der Waals surface area contributed by atoms with E-state index in [0.717, 1.165) is 48.1 Å². The molecular formula is C62H132N16. The number of hydrogen-bond donors (Lipinski definition) is 0. The molecule has 0 amide bonds. The fourth-order valence-electron chi connectivity index (χ4n) is 14.8. The molecule has 0 N–H and O–H groups in total. The molecular weight excluding hydrogens is 969 g/mol. The molecule has 78 heavy (non-hydrogen) atoms. The molecule has 9 unspecified atom stereocenters. The van der Waals surface area contributed by atoms with E-state index in [9.17, 15) is 0 Å². The Morgan fingerprint density at radius 2 is 0.859 bits per heavy atom. The Kier molecular flexibility index (Phi) is 28.5. The zero-order valence-corrected chi connectivity index (χ0v) is 55.4. The van der Waals surface area contributed by atoms with Gasteiger partial charge >= 0.3 is 0 Å². The topological polar surface area (TPSA) is 51.8 Å². The molecule has 0 spiro atoms. The predicted molar refractivity (Wildman–Crippen MR) is 336 cm³/mol. The number of hydrogen-bond acceptors (Lipinski definition) is 16. The quantitative estimate of drug-likeness (QED) is 0.408. The summed E-state index contributed by atoms with van der Waals surface area (Å²) in [7, 11) is 37.5. The van der Waals surface area contributed by atoms with Gasteiger partial charge in [0.05, 0.1) is 0 Å². The van der Waals surface area contributed by atoms with Crippen molar-refractivity contribution in [3.05, 3.63) is 0 Å². The molecule has 0 radical (unpaired) electrons. The highest BCUT2D eigenvalue weighted by molar-refractivity contribution is 4.98. The summed E-state index contributed by atoms with van der Waals surface area (Å²) in [6, 6.07) is 5.17. The van der Waals surface area contributed by atoms with E-state index >= 15 is 0 Å². The van der Waals surface area contributed by atoms with Crippen LogP contribution in [-0.2, 0) is 0 Å². The van der Waals surface area contributed by atoms with Crippen LogP contribution in [0, 0.1) is 11.8 Å². The summed E-state index contributed by atoms with van der Waals surface area (Å²) in [5.41, 5.74) is 0.878. The first-order valence-electron chi connectivity index (χ1n) is 31.8. The van der Waals surface area contributed by atoms with E-state index < -0.39 is 0 Å². The SMILES string of the molecule is CC1CN(C)CCN1C.CN1CC(C)(N(C)C)C1.CN1CC2CC1CN2C.CN1CC2CCCN(C)C2C1.CN1CCC(C)(N(C)C)C1.CN1CCC2C(CCN2C)C1.CN1CCCN(C)CC1.CN1CCN2CCCC2C1. The van der Waals surface area contributed by atoms with Crippen molar-refractivity contribution in [1.82, 2.24) is 78.4 Å². The molecule has 0 aromatic rings. The van der Waals surface area contributed by atoms with E-state index in [1.165, 1.54) is 208 Å². The van der Waals surface area contributed by atoms with Crippen LogP contribution in [0.1, 0.15) is 78.6 Å². The summed E-state index contributed by atoms with van der Waals surface area (Å²) in [5, 5.41) is 0. The summed E-state index contributed by atoms with van der Waals surface area (Å²) in [6.45, 7) is 36.2. The standard InChI is InChI=1S/2C9H18N2.C8H16N2.C8H18N2.C7H14N2.3C7H16N2/c1-10-5-4-9-8(7-10)3-6-11(9)2;1-10-6-8-4-3-5-11(2)9(8)7-10;1-9-5-6-10-4-2-3-8(10)7-9;1-8(9(2)3)5-6-10(4)7-8;1-8-4-7-3-6(8)5-9(7)2;1-7(8(2)3)5-9(4)6-7;1-7-6-8(2)4-5-9(7)3;1-8-4-3-5-9(2)7-6-8/h2*8-9H,3-7H2,1-2H3;8H,2-7H2,1H3;5-7H2,1-4H3;6-7H,3-5H2,1-2H3;5-6H2,1-4H3;7H,4-6H2,1-3H3;3-7H2,1-2H3. The van der Waals surface area contributed by atoms with Gasteiger partial charge in [-0.2, -0.15) is 0 Å². The second-order valence-electron chi connectivity index (χ2n) is 28.8. The molecule has 2 bridgehead atoms. The van der Waals surface area contributed by atoms with Gasteiger partial charge in [-0.1, -0.05) is 0 Å². The molecule has 12 aliphatic heterocycles. The lowest BCUT2D eigenvalue weighted by Crippen LogP contribution is -2.65. The Balaban J connectivity index is 0.000000164. The molecule has 12 rings (SSSR count). The van der Waals surface area contributed by atoms with Gasteiger partial charge in [-0.05, 0) is 256 Å². The van der Waals surface area contributed by atoms with E-state index in [0.29, 0.717) is 11.1 Å². The highest BCUT2D eigenvalue weighted by atomic mass is 15.3. The highest BCUT2D eigenvalue weighted by Crippen LogP contribution is 2.31. The molecule has 0 aliphatic carbocycles. The predicted octanol–water partition coefficient (Wildman–Crippen LogP) is 3.09. The van der Waals surface area contributed by atoms with Crippen LogP contribution < -0.4 is 0 Å². The second-order valence-corrected chi connectivity index (χ2v) is 28.8. The van der Waals surface area contributed by atoms with Crippen LogP contribution in [0.25, 0.3) is 0 Å². The third-order valence-electron chi connectivity index (χ3n) is 21.3. The van der Waals surface area contributed by atoms with Gasteiger partial charge in [-0.15, -0.1) is 0 Å². The van der Waals surface area contributed by atoms with Crippen molar-refractivity contribution in [3.63, 3.8) is 0 Å². The minimum atomic E-state index is 0.425. The molecule has 9 atom stereocenters. The van der Waals surface area contributed by atoms with Crippen molar-refractivity contribution in [2.24, 2.45) is 11.8 Å². The Bertz CT molecular complexity index is 1600. The lowest BCUT2D eigenvalue weighted by atomic mass is 9.92. The molecule has 0 aromatic carbocycles. The summed E-state index contributed by atoms with van der Waals surface area (Å²) in [4.78, 5) is 39.0. The largest absolute Gasteiger partial charge is 0.306 e. The number of likely N-dealkylation sites (tertiary alicyclic amines) is 8. The van der Waals surface area contributed by atoms with E-state index in [-0.39, 0.29) is 0 Å². The first kappa shape index (κ1) is 68.1. The zero-order valence-electron chi connectivity index (χ0n) is 55.4. The van der Waals surface area contributed by atoms with Crippen molar-refractivity contribution in [1.29, 1.82) is 0 Å². The van der Waals surface area contributed by atoms with Gasteiger partial charge in [0.2, 0.25) is 0 Å². The minimum absolute atomic E-state index is 0.425. The van der Waals surface area contributed by atoms with Crippen LogP contribution in [0.3, 0.4) is 0 Å². The monoisotopic (exact) mass is 1100 g/mol. The molecule has 16 heteroatoms. The minimum Gasteiger partial charge on any atom is -0.306 e. The Morgan fingerprint density at radius 3 is 1.36 bits per heavy atom. The lowest BCUT2D eigenvalue weighted by Gasteiger charge is -2.50. The average Bonchev–Trinajstić information content (AvgIpc) is 4.25. The van der Waals surface area contributed by atoms with Gasteiger partial charge < -0.3 is 73.5 Å². The summed E-state index contributed by atoms with van der Waals surface area (Å²) in [6.07, 6.45) is 12.6. The van der Waals surface area contributed by atoms with Gasteiger partial charge in [0.15, 0.2) is 0 Å². The molecule has 0 aromatic heterocycles. The van der Waals surface area contributed by atoms with Crippen LogP contribution in [0.15, 0.2) is 0 Å². The number of rotatable bonds is 2. The van der Waals surface area contributed by atoms with E-state index in [1.54, 1.807) is 0 Å². The molecule has 12 fully saturated rings. The van der Waals surface area contributed by atoms with Crippen LogP contribution in [0.4, 0.5) is 0 Å². The highest BCUT2D eigenvalue weighted by Gasteiger charge is 2.40. The average molecular weight is 1100 g/mol. The smallest absolute Gasteiger partial charge is 0.0428 e. The number of piperidine rings is 2. The maximum atomic E-state index is 2.64. The number of likely N-dealkylation sites (N-methyl/N-ethyl adjacent to an activating group) is 13. The van der Waals surface area contributed by atoms with E-state index in [2.05, 4.69) is 219 Å². The van der Waals surface area contributed by atoms with E-state index in [4.69, 9.17) is 0 Å². The Labute approximate surface area is 484 Å². The van der Waals surface area contributed by atoms with Crippen LogP contribution in [-0.4, -0.2) is 396 Å². The van der Waals surface area contributed by atoms with Gasteiger partial charge in [0.25, 0.3) is 0 Å². The molecule has 16 nitrogen and oxygen atoms in total. The van der Waals surface area contributed by atoms with Crippen molar-refractivity contribution >= 4 is 0 Å². The van der Waals surface area contributed by atoms with Gasteiger partial charge in [-0.25, -0.2) is 0 Å². The van der Waals surface area contributed by atoms with Crippen molar-refractivity contribution < 1.29 is 0 Å². The Morgan fingerprint density at radius 1 is 0.333 bits per heavy atom. The van der Waals surface area contributed by atoms with Crippen molar-refractivity contribution in [3.8, 4) is 0 Å². The maximum Gasteiger partial charge on any atom is 0.0428 e. The maximum absolute atomic E-state index is 2.64. The normalized spacial score (nSPS) is 35.8. The zero-order chi connectivity index (χ0) is 57.5. The van der Waals surface area contributed by atoms with Crippen molar-refractivity contribution in [2.45, 2.75) is 126 Å². The third-order valence-corrected chi connectivity index (χ3v) is 21.3. The first-order chi connectivity index (χ1) is 36.7. The number of nitrogens with zero attached hydrogens (tertiary/aromatic N) is 16. The number of fused-ring (bicyclic) bond motifs is 5. The van der Waals surface area contributed by atoms with Crippen LogP contribution in [0.2, 0.25) is 0 Å². The van der Waals surface area contributed by atoms with Gasteiger partial charge in [-0.3, -0.25) is 4.90 Å². The third kappa shape index (κ3) is 21.5. The van der Waals surface area contributed by atoms with E-state index in [1.807, 2.05) is 0 Å². The molecule has 12 aliphatic rings. The molecule has 460 valence electrons. The summed E-state index contributed by atoms with van der Waals surface area (Å²) < 4.78 is 0. The Hall–Kier alpha value is -0.640. The summed E-state index contributed by atoms with van der Waals surface area (Å²) >= 11 is 0. The van der Waals surface area contributed by atoms with Crippen molar-refractivity contribution in [2.75, 3.05) is 270 Å². The molecule has 0 saturated carbocycles. The molecule has 12 saturated heterocycles.